The van der Waals surface area contributed by atoms with Gasteiger partial charge < -0.3 is 10.1 Å². The van der Waals surface area contributed by atoms with Crippen LogP contribution in [-0.2, 0) is 0 Å². The summed E-state index contributed by atoms with van der Waals surface area (Å²) in [6, 6.07) is 11.1. The van der Waals surface area contributed by atoms with Gasteiger partial charge in [0.25, 0.3) is 0 Å². The number of nitrogens with one attached hydrogen (secondary N) is 1. The van der Waals surface area contributed by atoms with E-state index in [0.717, 1.165) is 18.6 Å². The van der Waals surface area contributed by atoms with Crippen molar-refractivity contribution < 1.29 is 13.9 Å². The Morgan fingerprint density at radius 1 is 1.25 bits per heavy atom. The van der Waals surface area contributed by atoms with E-state index in [2.05, 4.69) is 12.2 Å². The predicted molar refractivity (Wildman–Crippen MR) is 95.3 cm³/mol. The average molecular weight is 348 g/mol. The van der Waals surface area contributed by atoms with Crippen molar-refractivity contribution in [2.24, 2.45) is 0 Å². The molecule has 2 aromatic rings. The van der Waals surface area contributed by atoms with Gasteiger partial charge in [-0.3, -0.25) is 4.79 Å². The van der Waals surface area contributed by atoms with Gasteiger partial charge in [0, 0.05) is 22.9 Å². The third kappa shape index (κ3) is 5.39. The van der Waals surface area contributed by atoms with Gasteiger partial charge >= 0.3 is 0 Å². The van der Waals surface area contributed by atoms with Crippen molar-refractivity contribution in [1.82, 2.24) is 0 Å². The Balaban J connectivity index is 1.93. The van der Waals surface area contributed by atoms with Gasteiger partial charge in [-0.1, -0.05) is 24.9 Å². The summed E-state index contributed by atoms with van der Waals surface area (Å²) < 4.78 is 19.1. The number of rotatable bonds is 8. The molecular formula is C19H19ClFNO2. The van der Waals surface area contributed by atoms with Crippen LogP contribution in [0.5, 0.6) is 5.75 Å². The molecule has 0 saturated heterocycles. The van der Waals surface area contributed by atoms with E-state index >= 15 is 0 Å². The first-order valence-corrected chi connectivity index (χ1v) is 8.13. The number of benzene rings is 2. The van der Waals surface area contributed by atoms with Gasteiger partial charge in [0.15, 0.2) is 5.78 Å². The summed E-state index contributed by atoms with van der Waals surface area (Å²) in [6.07, 6.45) is 4.80. The maximum atomic E-state index is 13.5. The van der Waals surface area contributed by atoms with Gasteiger partial charge in [-0.2, -0.15) is 0 Å². The van der Waals surface area contributed by atoms with Crippen molar-refractivity contribution in [1.29, 1.82) is 0 Å². The zero-order chi connectivity index (χ0) is 17.4. The van der Waals surface area contributed by atoms with Crippen molar-refractivity contribution in [2.45, 2.75) is 19.8 Å². The second-order valence-corrected chi connectivity index (χ2v) is 5.63. The van der Waals surface area contributed by atoms with Crippen molar-refractivity contribution in [3.05, 3.63) is 71.1 Å². The van der Waals surface area contributed by atoms with Crippen molar-refractivity contribution >= 4 is 23.1 Å². The van der Waals surface area contributed by atoms with E-state index in [-0.39, 0.29) is 11.5 Å². The number of ether oxygens (including phenoxy) is 1. The molecule has 2 rings (SSSR count). The number of ketones is 1. The standard InChI is InChI=1S/C19H19ClFNO2/c1-2-3-12-24-16-7-4-14(5-8-16)19(23)10-11-22-18-13-15(20)6-9-17(18)21/h4-11,13,22H,2-3,12H2,1H3. The second-order valence-electron chi connectivity index (χ2n) is 5.19. The highest BCUT2D eigenvalue weighted by molar-refractivity contribution is 6.30. The second kappa shape index (κ2) is 9.08. The highest BCUT2D eigenvalue weighted by Crippen LogP contribution is 2.19. The number of hydrogen-bond acceptors (Lipinski definition) is 3. The smallest absolute Gasteiger partial charge is 0.187 e. The first-order chi connectivity index (χ1) is 11.6. The molecule has 126 valence electrons. The molecule has 0 amide bonds. The topological polar surface area (TPSA) is 38.3 Å². The summed E-state index contributed by atoms with van der Waals surface area (Å²) in [5.74, 6) is 0.109. The molecule has 0 fully saturated rings. The summed E-state index contributed by atoms with van der Waals surface area (Å²) in [5.41, 5.74) is 0.744. The van der Waals surface area contributed by atoms with Crippen LogP contribution in [0.4, 0.5) is 10.1 Å². The number of halogens is 2. The Labute approximate surface area is 146 Å². The van der Waals surface area contributed by atoms with Crippen LogP contribution < -0.4 is 10.1 Å². The molecule has 0 aliphatic heterocycles. The lowest BCUT2D eigenvalue weighted by Gasteiger charge is -2.05. The summed E-state index contributed by atoms with van der Waals surface area (Å²) >= 11 is 5.80. The Bertz CT molecular complexity index is 714. The predicted octanol–water partition coefficient (Wildman–Crippen LogP) is 5.47. The monoisotopic (exact) mass is 347 g/mol. The zero-order valence-corrected chi connectivity index (χ0v) is 14.1. The number of carbonyl (C=O) groups is 1. The quantitative estimate of drug-likeness (QED) is 0.391. The largest absolute Gasteiger partial charge is 0.494 e. The molecule has 0 aromatic heterocycles. The van der Waals surface area contributed by atoms with Gasteiger partial charge in [0.2, 0.25) is 0 Å². The van der Waals surface area contributed by atoms with E-state index < -0.39 is 5.82 Å². The maximum absolute atomic E-state index is 13.5. The first-order valence-electron chi connectivity index (χ1n) is 7.75. The van der Waals surface area contributed by atoms with Crippen LogP contribution >= 0.6 is 11.6 Å². The van der Waals surface area contributed by atoms with E-state index in [1.165, 1.54) is 30.5 Å². The molecule has 0 atom stereocenters. The molecule has 0 spiro atoms. The van der Waals surface area contributed by atoms with Gasteiger partial charge in [-0.05, 0) is 48.9 Å². The van der Waals surface area contributed by atoms with Crippen LogP contribution in [0.2, 0.25) is 5.02 Å². The van der Waals surface area contributed by atoms with Crippen LogP contribution in [0.15, 0.2) is 54.7 Å². The lowest BCUT2D eigenvalue weighted by Crippen LogP contribution is -1.99. The maximum Gasteiger partial charge on any atom is 0.187 e. The minimum Gasteiger partial charge on any atom is -0.494 e. The Kier molecular flexibility index (Phi) is 6.82. The third-order valence-electron chi connectivity index (χ3n) is 3.31. The van der Waals surface area contributed by atoms with Gasteiger partial charge in [-0.15, -0.1) is 0 Å². The normalized spacial score (nSPS) is 10.8. The zero-order valence-electron chi connectivity index (χ0n) is 13.4. The summed E-state index contributed by atoms with van der Waals surface area (Å²) in [5, 5.41) is 3.13. The number of unbranched alkanes of at least 4 members (excludes halogenated alkanes) is 1. The van der Waals surface area contributed by atoms with Crippen molar-refractivity contribution in [3.63, 3.8) is 0 Å². The van der Waals surface area contributed by atoms with Crippen LogP contribution in [0.25, 0.3) is 0 Å². The fraction of sp³-hybridized carbons (Fsp3) is 0.211. The molecule has 0 saturated carbocycles. The molecule has 0 radical (unpaired) electrons. The van der Waals surface area contributed by atoms with Crippen molar-refractivity contribution in [3.8, 4) is 5.75 Å². The highest BCUT2D eigenvalue weighted by Gasteiger charge is 2.03. The Morgan fingerprint density at radius 2 is 2.00 bits per heavy atom. The molecule has 2 aromatic carbocycles. The van der Waals surface area contributed by atoms with Gasteiger partial charge in [0.1, 0.15) is 11.6 Å². The molecule has 5 heteroatoms. The van der Waals surface area contributed by atoms with Gasteiger partial charge in [-0.25, -0.2) is 4.39 Å². The number of hydrogen-bond donors (Lipinski definition) is 1. The number of anilines is 1. The van der Waals surface area contributed by atoms with E-state index in [0.29, 0.717) is 17.2 Å². The van der Waals surface area contributed by atoms with Crippen LogP contribution in [0.1, 0.15) is 30.1 Å². The van der Waals surface area contributed by atoms with E-state index in [1.807, 2.05) is 0 Å². The Morgan fingerprint density at radius 3 is 2.71 bits per heavy atom. The molecule has 0 bridgehead atoms. The summed E-state index contributed by atoms with van der Waals surface area (Å²) in [7, 11) is 0. The summed E-state index contributed by atoms with van der Waals surface area (Å²) in [6.45, 7) is 2.76. The third-order valence-corrected chi connectivity index (χ3v) is 3.54. The van der Waals surface area contributed by atoms with E-state index in [9.17, 15) is 9.18 Å². The molecule has 0 heterocycles. The van der Waals surface area contributed by atoms with Crippen LogP contribution in [-0.4, -0.2) is 12.4 Å². The molecule has 24 heavy (non-hydrogen) atoms. The fourth-order valence-corrected chi connectivity index (χ4v) is 2.13. The molecular weight excluding hydrogens is 329 g/mol. The minimum atomic E-state index is -0.440. The Hall–Kier alpha value is -2.33. The molecule has 0 aliphatic carbocycles. The number of allylic oxidation sites excluding steroid dienone is 1. The van der Waals surface area contributed by atoms with Crippen LogP contribution in [0, 0.1) is 5.82 Å². The molecule has 1 N–H and O–H groups in total. The SMILES string of the molecule is CCCCOc1ccc(C(=O)C=CNc2cc(Cl)ccc2F)cc1. The lowest BCUT2D eigenvalue weighted by atomic mass is 10.1. The van der Waals surface area contributed by atoms with Crippen LogP contribution in [0.3, 0.4) is 0 Å². The first kappa shape index (κ1) is 18.0. The van der Waals surface area contributed by atoms with Gasteiger partial charge in [0.05, 0.1) is 12.3 Å². The summed E-state index contributed by atoms with van der Waals surface area (Å²) in [4.78, 5) is 12.1. The molecule has 3 nitrogen and oxygen atoms in total. The molecule has 0 aliphatic rings. The minimum absolute atomic E-state index is 0.190. The lowest BCUT2D eigenvalue weighted by molar-refractivity contribution is 0.104. The highest BCUT2D eigenvalue weighted by atomic mass is 35.5. The van der Waals surface area contributed by atoms with Crippen molar-refractivity contribution in [2.75, 3.05) is 11.9 Å². The van der Waals surface area contributed by atoms with E-state index in [1.54, 1.807) is 24.3 Å². The van der Waals surface area contributed by atoms with E-state index in [4.69, 9.17) is 16.3 Å². The molecule has 0 unspecified atom stereocenters. The fourth-order valence-electron chi connectivity index (χ4n) is 1.96. The number of carbonyl (C=O) groups excluding carboxylic acids is 1. The average Bonchev–Trinajstić information content (AvgIpc) is 2.58.